The van der Waals surface area contributed by atoms with E-state index in [4.69, 9.17) is 17.3 Å². The van der Waals surface area contributed by atoms with Crippen molar-refractivity contribution in [2.24, 2.45) is 11.1 Å². The van der Waals surface area contributed by atoms with Crippen LogP contribution in [0.1, 0.15) is 26.7 Å². The van der Waals surface area contributed by atoms with Crippen LogP contribution in [0.3, 0.4) is 0 Å². The highest BCUT2D eigenvalue weighted by Gasteiger charge is 2.18. The molecule has 0 unspecified atom stereocenters. The lowest BCUT2D eigenvalue weighted by Gasteiger charge is -2.25. The predicted molar refractivity (Wildman–Crippen MR) is 70.4 cm³/mol. The second-order valence-electron chi connectivity index (χ2n) is 4.80. The number of H-pyrrole nitrogens is 1. The zero-order valence-corrected chi connectivity index (χ0v) is 11.0. The number of aromatic amines is 1. The van der Waals surface area contributed by atoms with Gasteiger partial charge in [-0.05, 0) is 24.8 Å². The number of nitrogens with two attached hydrogens (primary N) is 1. The van der Waals surface area contributed by atoms with Gasteiger partial charge in [0, 0.05) is 6.54 Å². The number of halogens is 1. The second kappa shape index (κ2) is 6.02. The van der Waals surface area contributed by atoms with E-state index < -0.39 is 0 Å². The van der Waals surface area contributed by atoms with E-state index in [2.05, 4.69) is 29.1 Å². The molecule has 1 aromatic rings. The lowest BCUT2D eigenvalue weighted by molar-refractivity contribution is 0.350. The maximum Gasteiger partial charge on any atom is 0.271 e. The van der Waals surface area contributed by atoms with Crippen LogP contribution < -0.4 is 16.6 Å². The highest BCUT2D eigenvalue weighted by molar-refractivity contribution is 6.32. The van der Waals surface area contributed by atoms with Crippen molar-refractivity contribution in [3.05, 3.63) is 21.7 Å². The molecule has 17 heavy (non-hydrogen) atoms. The van der Waals surface area contributed by atoms with Gasteiger partial charge in [0.15, 0.2) is 5.82 Å². The Morgan fingerprint density at radius 2 is 2.29 bits per heavy atom. The van der Waals surface area contributed by atoms with Gasteiger partial charge in [-0.15, -0.1) is 0 Å². The molecule has 1 rings (SSSR count). The second-order valence-corrected chi connectivity index (χ2v) is 5.18. The van der Waals surface area contributed by atoms with Crippen LogP contribution >= 0.6 is 11.6 Å². The smallest absolute Gasteiger partial charge is 0.271 e. The minimum absolute atomic E-state index is 0.0903. The molecule has 0 aliphatic heterocycles. The van der Waals surface area contributed by atoms with Gasteiger partial charge in [-0.25, -0.2) is 4.98 Å². The van der Waals surface area contributed by atoms with Crippen LogP contribution in [0.15, 0.2) is 11.1 Å². The fourth-order valence-electron chi connectivity index (χ4n) is 1.50. The molecule has 1 heterocycles. The van der Waals surface area contributed by atoms with E-state index >= 15 is 0 Å². The first-order valence-corrected chi connectivity index (χ1v) is 6.01. The first kappa shape index (κ1) is 14.0. The molecule has 0 aliphatic rings. The Labute approximate surface area is 106 Å². The van der Waals surface area contributed by atoms with Crippen molar-refractivity contribution in [2.75, 3.05) is 18.4 Å². The summed E-state index contributed by atoms with van der Waals surface area (Å²) in [5, 5.41) is 3.20. The Hall–Kier alpha value is -1.07. The minimum atomic E-state index is -0.330. The average Bonchev–Trinajstić information content (AvgIpc) is 2.29. The highest BCUT2D eigenvalue weighted by Crippen LogP contribution is 2.23. The molecule has 0 spiro atoms. The molecule has 0 bridgehead atoms. The summed E-state index contributed by atoms with van der Waals surface area (Å²) >= 11 is 5.84. The molecule has 6 heteroatoms. The van der Waals surface area contributed by atoms with Crippen LogP contribution in [0.4, 0.5) is 5.82 Å². The monoisotopic (exact) mass is 258 g/mol. The molecule has 5 nitrogen and oxygen atoms in total. The number of hydrogen-bond acceptors (Lipinski definition) is 4. The van der Waals surface area contributed by atoms with E-state index in [1.54, 1.807) is 0 Å². The Bertz CT molecular complexity index is 416. The van der Waals surface area contributed by atoms with Crippen LogP contribution in [0.2, 0.25) is 5.02 Å². The van der Waals surface area contributed by atoms with E-state index in [-0.39, 0.29) is 16.0 Å². The molecule has 0 aromatic carbocycles. The number of nitrogens with zero attached hydrogens (tertiary/aromatic N) is 1. The Morgan fingerprint density at radius 1 is 1.59 bits per heavy atom. The lowest BCUT2D eigenvalue weighted by Crippen LogP contribution is -2.25. The summed E-state index contributed by atoms with van der Waals surface area (Å²) in [5.41, 5.74) is 5.25. The van der Waals surface area contributed by atoms with Crippen LogP contribution in [-0.2, 0) is 0 Å². The van der Waals surface area contributed by atoms with Crippen molar-refractivity contribution < 1.29 is 0 Å². The van der Waals surface area contributed by atoms with Crippen molar-refractivity contribution >= 4 is 17.4 Å². The molecule has 96 valence electrons. The maximum absolute atomic E-state index is 11.3. The largest absolute Gasteiger partial charge is 0.368 e. The highest BCUT2D eigenvalue weighted by atomic mass is 35.5. The summed E-state index contributed by atoms with van der Waals surface area (Å²) in [6.45, 7) is 5.66. The molecule has 1 aromatic heterocycles. The number of aromatic nitrogens is 2. The Morgan fingerprint density at radius 3 is 2.94 bits per heavy atom. The lowest BCUT2D eigenvalue weighted by atomic mass is 9.88. The summed E-state index contributed by atoms with van der Waals surface area (Å²) in [6, 6.07) is 0. The first-order chi connectivity index (χ1) is 7.96. The molecule has 0 aliphatic carbocycles. The van der Waals surface area contributed by atoms with Gasteiger partial charge in [0.2, 0.25) is 0 Å². The van der Waals surface area contributed by atoms with Crippen molar-refractivity contribution in [3.63, 3.8) is 0 Å². The van der Waals surface area contributed by atoms with Gasteiger partial charge in [0.25, 0.3) is 5.56 Å². The molecule has 0 fully saturated rings. The Kier molecular flexibility index (Phi) is 4.96. The fraction of sp³-hybridized carbons (Fsp3) is 0.636. The average molecular weight is 259 g/mol. The molecule has 0 saturated carbocycles. The van der Waals surface area contributed by atoms with Gasteiger partial charge in [-0.1, -0.05) is 25.4 Å². The zero-order chi connectivity index (χ0) is 12.9. The summed E-state index contributed by atoms with van der Waals surface area (Å²) < 4.78 is 0. The molecule has 4 N–H and O–H groups in total. The Balaban J connectivity index is 2.61. The third-order valence-electron chi connectivity index (χ3n) is 2.59. The van der Waals surface area contributed by atoms with Gasteiger partial charge < -0.3 is 16.0 Å². The van der Waals surface area contributed by atoms with Crippen molar-refractivity contribution in [1.82, 2.24) is 9.97 Å². The van der Waals surface area contributed by atoms with Gasteiger partial charge in [0.1, 0.15) is 5.02 Å². The van der Waals surface area contributed by atoms with Crippen LogP contribution in [0.5, 0.6) is 0 Å². The zero-order valence-electron chi connectivity index (χ0n) is 10.2. The van der Waals surface area contributed by atoms with E-state index in [1.165, 1.54) is 6.33 Å². The fourth-order valence-corrected chi connectivity index (χ4v) is 1.67. The number of hydrogen-bond donors (Lipinski definition) is 3. The van der Waals surface area contributed by atoms with Crippen molar-refractivity contribution in [2.45, 2.75) is 26.7 Å². The molecule has 0 saturated heterocycles. The standard InChI is InChI=1S/C11H19ClN4O/c1-11(2,4-3-5-13)6-14-9-8(12)10(17)16-7-15-9/h7H,3-6,13H2,1-2H3,(H2,14,15,16,17). The van der Waals surface area contributed by atoms with Crippen LogP contribution in [0.25, 0.3) is 0 Å². The third kappa shape index (κ3) is 4.36. The third-order valence-corrected chi connectivity index (χ3v) is 2.94. The van der Waals surface area contributed by atoms with Gasteiger partial charge in [-0.3, -0.25) is 4.79 Å². The number of nitrogens with one attached hydrogen (secondary N) is 2. The molecule has 0 radical (unpaired) electrons. The van der Waals surface area contributed by atoms with E-state index in [0.717, 1.165) is 12.8 Å². The van der Waals surface area contributed by atoms with E-state index in [0.29, 0.717) is 18.9 Å². The summed E-state index contributed by atoms with van der Waals surface area (Å²) in [7, 11) is 0. The van der Waals surface area contributed by atoms with Crippen LogP contribution in [0, 0.1) is 5.41 Å². The summed E-state index contributed by atoms with van der Waals surface area (Å²) in [5.74, 6) is 0.427. The normalized spacial score (nSPS) is 11.5. The molecular weight excluding hydrogens is 240 g/mol. The van der Waals surface area contributed by atoms with E-state index in [9.17, 15) is 4.79 Å². The van der Waals surface area contributed by atoms with Crippen molar-refractivity contribution in [1.29, 1.82) is 0 Å². The number of rotatable bonds is 6. The van der Waals surface area contributed by atoms with Gasteiger partial charge in [0.05, 0.1) is 6.33 Å². The SMILES string of the molecule is CC(C)(CCCN)CNc1nc[nH]c(=O)c1Cl. The van der Waals surface area contributed by atoms with Gasteiger partial charge >= 0.3 is 0 Å². The molecule has 0 amide bonds. The quantitative estimate of drug-likeness (QED) is 0.724. The molecular formula is C11H19ClN4O. The maximum atomic E-state index is 11.3. The number of anilines is 1. The van der Waals surface area contributed by atoms with Crippen molar-refractivity contribution in [3.8, 4) is 0 Å². The predicted octanol–water partition coefficient (Wildman–Crippen LogP) is 1.60. The summed E-state index contributed by atoms with van der Waals surface area (Å²) in [4.78, 5) is 17.7. The van der Waals surface area contributed by atoms with Crippen LogP contribution in [-0.4, -0.2) is 23.1 Å². The first-order valence-electron chi connectivity index (χ1n) is 5.63. The van der Waals surface area contributed by atoms with E-state index in [1.807, 2.05) is 0 Å². The topological polar surface area (TPSA) is 83.8 Å². The molecule has 0 atom stereocenters. The van der Waals surface area contributed by atoms with Gasteiger partial charge in [-0.2, -0.15) is 0 Å². The minimum Gasteiger partial charge on any atom is -0.368 e. The summed E-state index contributed by atoms with van der Waals surface area (Å²) in [6.07, 6.45) is 3.33.